The zero-order chi connectivity index (χ0) is 33.1. The fourth-order valence-corrected chi connectivity index (χ4v) is 8.90. The van der Waals surface area contributed by atoms with E-state index >= 15 is 0 Å². The predicted molar refractivity (Wildman–Crippen MR) is 214 cm³/mol. The number of benzene rings is 7. The molecule has 0 atom stereocenters. The average molecular weight is 645 g/mol. The van der Waals surface area contributed by atoms with E-state index in [9.17, 15) is 0 Å². The lowest BCUT2D eigenvalue weighted by molar-refractivity contribution is 1.26. The van der Waals surface area contributed by atoms with Crippen LogP contribution >= 0.6 is 0 Å². The second-order valence-corrected chi connectivity index (χ2v) is 19.3. The number of anilines is 6. The average Bonchev–Trinajstić information content (AvgIpc) is 3.15. The van der Waals surface area contributed by atoms with Crippen LogP contribution in [0, 0.1) is 0 Å². The monoisotopic (exact) mass is 644 g/mol. The highest BCUT2D eigenvalue weighted by Gasteiger charge is 2.44. The first-order valence-corrected chi connectivity index (χ1v) is 20.7. The summed E-state index contributed by atoms with van der Waals surface area (Å²) in [5.41, 5.74) is 16.4. The molecule has 0 radical (unpaired) electrons. The maximum Gasteiger partial charge on any atom is 0.252 e. The summed E-state index contributed by atoms with van der Waals surface area (Å²) in [6.45, 7) is 7.48. The van der Waals surface area contributed by atoms with Crippen LogP contribution in [0.3, 0.4) is 0 Å². The van der Waals surface area contributed by atoms with Crippen LogP contribution in [0.1, 0.15) is 0 Å². The molecule has 9 rings (SSSR count). The second-order valence-electron chi connectivity index (χ2n) is 14.2. The second kappa shape index (κ2) is 11.5. The Morgan fingerprint density at radius 3 is 1.47 bits per heavy atom. The minimum atomic E-state index is -1.74. The number of nitrogens with zero attached hydrogens (tertiary/aromatic N) is 2. The van der Waals surface area contributed by atoms with Crippen LogP contribution in [0.5, 0.6) is 0 Å². The molecule has 7 aromatic carbocycles. The predicted octanol–water partition coefficient (Wildman–Crippen LogP) is 9.65. The summed E-state index contributed by atoms with van der Waals surface area (Å²) in [4.78, 5) is 5.05. The molecule has 49 heavy (non-hydrogen) atoms. The van der Waals surface area contributed by atoms with Crippen LogP contribution in [0.25, 0.3) is 22.3 Å². The Bertz CT molecular complexity index is 2310. The Kier molecular flexibility index (Phi) is 6.96. The van der Waals surface area contributed by atoms with Crippen molar-refractivity contribution in [2.75, 3.05) is 9.80 Å². The fourth-order valence-electron chi connectivity index (χ4n) is 7.76. The van der Waals surface area contributed by atoms with Crippen molar-refractivity contribution in [1.82, 2.24) is 0 Å². The van der Waals surface area contributed by atoms with Crippen molar-refractivity contribution >= 4 is 70.5 Å². The van der Waals surface area contributed by atoms with Gasteiger partial charge in [-0.2, -0.15) is 0 Å². The Labute approximate surface area is 291 Å². The fraction of sp³-hybridized carbons (Fsp3) is 0.0667. The number of rotatable bonds is 5. The van der Waals surface area contributed by atoms with Crippen LogP contribution in [0.15, 0.2) is 170 Å². The molecule has 2 aliphatic heterocycles. The van der Waals surface area contributed by atoms with Gasteiger partial charge in [0.25, 0.3) is 6.71 Å². The van der Waals surface area contributed by atoms with Crippen molar-refractivity contribution in [3.05, 3.63) is 170 Å². The number of hydrogen-bond donors (Lipinski definition) is 0. The Hall–Kier alpha value is -5.58. The molecule has 234 valence electrons. The lowest BCUT2D eigenvalue weighted by Gasteiger charge is -2.45. The third-order valence-corrected chi connectivity index (χ3v) is 12.2. The van der Waals surface area contributed by atoms with Gasteiger partial charge in [-0.25, -0.2) is 0 Å². The quantitative estimate of drug-likeness (QED) is 0.172. The summed E-state index contributed by atoms with van der Waals surface area (Å²) in [7, 11) is -1.74. The van der Waals surface area contributed by atoms with Gasteiger partial charge in [0, 0.05) is 34.1 Å². The summed E-state index contributed by atoms with van der Waals surface area (Å²) < 4.78 is 0. The smallest absolute Gasteiger partial charge is 0.252 e. The molecule has 0 aliphatic carbocycles. The summed E-state index contributed by atoms with van der Waals surface area (Å²) >= 11 is 0. The standard InChI is InChI=1S/C45H37BN2Si/c1-49(2,3)38-30-43-45-44(31-38)48(37-26-23-34(24-27-37)32-15-7-4-8-16-32)42-28-25-35(33-17-9-5-10-18-33)29-40(42)46(45)39-21-13-14-22-41(39)47(43)36-19-11-6-12-20-36/h4-31H,1-3H3. The van der Waals surface area contributed by atoms with Crippen molar-refractivity contribution in [1.29, 1.82) is 0 Å². The highest BCUT2D eigenvalue weighted by Crippen LogP contribution is 2.44. The molecule has 0 spiro atoms. The number of para-hydroxylation sites is 2. The van der Waals surface area contributed by atoms with Crippen molar-refractivity contribution in [2.45, 2.75) is 19.6 Å². The molecule has 2 nitrogen and oxygen atoms in total. The van der Waals surface area contributed by atoms with Gasteiger partial charge in [-0.3, -0.25) is 0 Å². The van der Waals surface area contributed by atoms with E-state index in [2.05, 4.69) is 199 Å². The largest absolute Gasteiger partial charge is 0.311 e. The van der Waals surface area contributed by atoms with Gasteiger partial charge < -0.3 is 9.80 Å². The van der Waals surface area contributed by atoms with E-state index in [0.717, 1.165) is 0 Å². The SMILES string of the molecule is C[Si](C)(C)c1cc2c3c(c1)N(c1ccc(-c4ccccc4)cc1)c1ccc(-c4ccccc4)cc1B3c1ccccc1N2c1ccccc1. The van der Waals surface area contributed by atoms with Crippen LogP contribution in [0.2, 0.25) is 19.6 Å². The number of hydrogen-bond acceptors (Lipinski definition) is 2. The maximum absolute atomic E-state index is 2.54. The van der Waals surface area contributed by atoms with Gasteiger partial charge in [-0.05, 0) is 87.2 Å². The first-order valence-electron chi connectivity index (χ1n) is 17.2. The molecule has 2 heterocycles. The first kappa shape index (κ1) is 29.6. The van der Waals surface area contributed by atoms with Gasteiger partial charge in [0.15, 0.2) is 0 Å². The van der Waals surface area contributed by atoms with Crippen LogP contribution in [-0.4, -0.2) is 14.8 Å². The molecular formula is C45H37BN2Si. The van der Waals surface area contributed by atoms with E-state index in [4.69, 9.17) is 0 Å². The van der Waals surface area contributed by atoms with Crippen LogP contribution < -0.4 is 31.4 Å². The number of fused-ring (bicyclic) bond motifs is 4. The molecule has 0 unspecified atom stereocenters. The van der Waals surface area contributed by atoms with Gasteiger partial charge in [0.2, 0.25) is 0 Å². The van der Waals surface area contributed by atoms with E-state index in [0.29, 0.717) is 0 Å². The summed E-state index contributed by atoms with van der Waals surface area (Å²) in [6, 6.07) is 62.7. The summed E-state index contributed by atoms with van der Waals surface area (Å²) in [6.07, 6.45) is 0. The van der Waals surface area contributed by atoms with E-state index in [1.54, 1.807) is 0 Å². The normalized spacial score (nSPS) is 13.1. The van der Waals surface area contributed by atoms with Gasteiger partial charge in [-0.15, -0.1) is 0 Å². The lowest BCUT2D eigenvalue weighted by atomic mass is 9.33. The van der Waals surface area contributed by atoms with Crippen LogP contribution in [-0.2, 0) is 0 Å². The van der Waals surface area contributed by atoms with Crippen molar-refractivity contribution < 1.29 is 0 Å². The molecule has 4 heteroatoms. The van der Waals surface area contributed by atoms with Crippen molar-refractivity contribution in [3.63, 3.8) is 0 Å². The zero-order valence-corrected chi connectivity index (χ0v) is 29.1. The van der Waals surface area contributed by atoms with Gasteiger partial charge >= 0.3 is 0 Å². The Balaban J connectivity index is 1.35. The molecule has 0 bridgehead atoms. The Morgan fingerprint density at radius 1 is 0.388 bits per heavy atom. The van der Waals surface area contributed by atoms with Gasteiger partial charge in [0.1, 0.15) is 0 Å². The molecule has 0 saturated heterocycles. The van der Waals surface area contributed by atoms with E-state index < -0.39 is 8.07 Å². The van der Waals surface area contributed by atoms with E-state index in [-0.39, 0.29) is 6.71 Å². The van der Waals surface area contributed by atoms with Crippen molar-refractivity contribution in [2.24, 2.45) is 0 Å². The van der Waals surface area contributed by atoms with Gasteiger partial charge in [-0.1, -0.05) is 146 Å². The lowest BCUT2D eigenvalue weighted by Crippen LogP contribution is -2.62. The third kappa shape index (κ3) is 4.94. The molecule has 0 amide bonds. The molecule has 0 N–H and O–H groups in total. The molecule has 0 saturated carbocycles. The van der Waals surface area contributed by atoms with Gasteiger partial charge in [0.05, 0.1) is 8.07 Å². The maximum atomic E-state index is 2.54. The molecule has 0 fully saturated rings. The summed E-state index contributed by atoms with van der Waals surface area (Å²) in [5.74, 6) is 0. The topological polar surface area (TPSA) is 6.48 Å². The van der Waals surface area contributed by atoms with Crippen molar-refractivity contribution in [3.8, 4) is 22.3 Å². The van der Waals surface area contributed by atoms with E-state index in [1.807, 2.05) is 0 Å². The molecule has 2 aliphatic rings. The van der Waals surface area contributed by atoms with E-state index in [1.165, 1.54) is 78.0 Å². The molecule has 0 aromatic heterocycles. The zero-order valence-electron chi connectivity index (χ0n) is 28.1. The van der Waals surface area contributed by atoms with Crippen LogP contribution in [0.4, 0.5) is 34.1 Å². The highest BCUT2D eigenvalue weighted by atomic mass is 28.3. The first-order chi connectivity index (χ1) is 24.0. The molecular weight excluding hydrogens is 607 g/mol. The minimum absolute atomic E-state index is 0.0929. The highest BCUT2D eigenvalue weighted by molar-refractivity contribution is 7.00. The minimum Gasteiger partial charge on any atom is -0.311 e. The third-order valence-electron chi connectivity index (χ3n) is 10.2. The Morgan fingerprint density at radius 2 is 0.857 bits per heavy atom. The molecule has 7 aromatic rings. The summed E-state index contributed by atoms with van der Waals surface area (Å²) in [5, 5.41) is 1.45.